The molecule has 0 amide bonds. The van der Waals surface area contributed by atoms with Gasteiger partial charge in [-0.2, -0.15) is 0 Å². The first-order chi connectivity index (χ1) is 6.68. The molecule has 0 radical (unpaired) electrons. The first kappa shape index (κ1) is 9.19. The second-order valence-corrected chi connectivity index (χ2v) is 3.73. The van der Waals surface area contributed by atoms with Crippen LogP contribution in [0.5, 0.6) is 0 Å². The van der Waals surface area contributed by atoms with Crippen LogP contribution in [-0.4, -0.2) is 5.78 Å². The molecule has 1 aromatic rings. The molecule has 0 aliphatic heterocycles. The second-order valence-electron chi connectivity index (χ2n) is 3.73. The lowest BCUT2D eigenvalue weighted by atomic mass is 9.80. The predicted molar refractivity (Wildman–Crippen MR) is 52.5 cm³/mol. The Morgan fingerprint density at radius 3 is 2.64 bits per heavy atom. The summed E-state index contributed by atoms with van der Waals surface area (Å²) in [7, 11) is 0. The van der Waals surface area contributed by atoms with Crippen LogP contribution in [0.2, 0.25) is 0 Å². The maximum Gasteiger partial charge on any atom is 0.166 e. The highest BCUT2D eigenvalue weighted by atomic mass is 19.1. The summed E-state index contributed by atoms with van der Waals surface area (Å²) in [5, 5.41) is 0. The van der Waals surface area contributed by atoms with Crippen LogP contribution >= 0.6 is 0 Å². The minimum Gasteiger partial charge on any atom is -0.396 e. The number of nitrogen functional groups attached to an aromatic ring is 1. The molecule has 0 atom stereocenters. The van der Waals surface area contributed by atoms with Crippen molar-refractivity contribution in [3.63, 3.8) is 0 Å². The van der Waals surface area contributed by atoms with Crippen molar-refractivity contribution in [2.24, 2.45) is 5.92 Å². The van der Waals surface area contributed by atoms with Crippen molar-refractivity contribution in [3.8, 4) is 0 Å². The van der Waals surface area contributed by atoms with Crippen molar-refractivity contribution >= 4 is 11.5 Å². The smallest absolute Gasteiger partial charge is 0.166 e. The van der Waals surface area contributed by atoms with Crippen molar-refractivity contribution in [2.45, 2.75) is 19.3 Å². The SMILES string of the molecule is Nc1ccc(C(=O)C2CCC2)cc1F. The molecule has 1 aliphatic rings. The number of carbonyl (C=O) groups excluding carboxylic acids is 1. The van der Waals surface area contributed by atoms with Crippen LogP contribution < -0.4 is 5.73 Å². The highest BCUT2D eigenvalue weighted by Crippen LogP contribution is 2.30. The van der Waals surface area contributed by atoms with E-state index in [0.29, 0.717) is 5.56 Å². The van der Waals surface area contributed by atoms with Crippen molar-refractivity contribution in [1.82, 2.24) is 0 Å². The van der Waals surface area contributed by atoms with Crippen LogP contribution in [0.3, 0.4) is 0 Å². The average Bonchev–Trinajstić information content (AvgIpc) is 2.06. The maximum atomic E-state index is 13.0. The van der Waals surface area contributed by atoms with Crippen LogP contribution in [0.4, 0.5) is 10.1 Å². The van der Waals surface area contributed by atoms with E-state index in [-0.39, 0.29) is 17.4 Å². The van der Waals surface area contributed by atoms with Gasteiger partial charge in [-0.15, -0.1) is 0 Å². The summed E-state index contributed by atoms with van der Waals surface area (Å²) >= 11 is 0. The zero-order valence-electron chi connectivity index (χ0n) is 7.79. The minimum atomic E-state index is -0.504. The molecular weight excluding hydrogens is 181 g/mol. The lowest BCUT2D eigenvalue weighted by Crippen LogP contribution is -2.22. The van der Waals surface area contributed by atoms with Gasteiger partial charge in [-0.25, -0.2) is 4.39 Å². The van der Waals surface area contributed by atoms with Gasteiger partial charge in [-0.05, 0) is 31.0 Å². The molecule has 1 aromatic carbocycles. The van der Waals surface area contributed by atoms with Gasteiger partial charge in [0.05, 0.1) is 5.69 Å². The van der Waals surface area contributed by atoms with Gasteiger partial charge in [0.2, 0.25) is 0 Å². The third kappa shape index (κ3) is 1.50. The zero-order valence-corrected chi connectivity index (χ0v) is 7.79. The van der Waals surface area contributed by atoms with Crippen molar-refractivity contribution in [1.29, 1.82) is 0 Å². The van der Waals surface area contributed by atoms with E-state index in [0.717, 1.165) is 19.3 Å². The van der Waals surface area contributed by atoms with Gasteiger partial charge in [-0.1, -0.05) is 6.42 Å². The lowest BCUT2D eigenvalue weighted by Gasteiger charge is -2.23. The Morgan fingerprint density at radius 2 is 2.14 bits per heavy atom. The average molecular weight is 193 g/mol. The van der Waals surface area contributed by atoms with E-state index in [1.807, 2.05) is 0 Å². The summed E-state index contributed by atoms with van der Waals surface area (Å²) in [6.07, 6.45) is 2.98. The summed E-state index contributed by atoms with van der Waals surface area (Å²) in [5.74, 6) is -0.344. The van der Waals surface area contributed by atoms with Gasteiger partial charge in [0.1, 0.15) is 5.82 Å². The molecule has 1 fully saturated rings. The number of halogens is 1. The van der Waals surface area contributed by atoms with E-state index in [4.69, 9.17) is 5.73 Å². The fourth-order valence-electron chi connectivity index (χ4n) is 1.59. The van der Waals surface area contributed by atoms with Gasteiger partial charge in [0, 0.05) is 11.5 Å². The number of carbonyl (C=O) groups is 1. The predicted octanol–water partition coefficient (Wildman–Crippen LogP) is 2.39. The number of rotatable bonds is 2. The number of anilines is 1. The van der Waals surface area contributed by atoms with E-state index < -0.39 is 5.82 Å². The first-order valence-corrected chi connectivity index (χ1v) is 4.77. The molecule has 0 bridgehead atoms. The molecule has 14 heavy (non-hydrogen) atoms. The number of ketones is 1. The van der Waals surface area contributed by atoms with Crippen molar-refractivity contribution in [3.05, 3.63) is 29.6 Å². The van der Waals surface area contributed by atoms with E-state index in [2.05, 4.69) is 0 Å². The Morgan fingerprint density at radius 1 is 1.43 bits per heavy atom. The molecule has 2 rings (SSSR count). The number of nitrogens with two attached hydrogens (primary N) is 1. The molecule has 74 valence electrons. The number of hydrogen-bond acceptors (Lipinski definition) is 2. The van der Waals surface area contributed by atoms with Crippen molar-refractivity contribution < 1.29 is 9.18 Å². The van der Waals surface area contributed by atoms with Gasteiger partial charge < -0.3 is 5.73 Å². The Balaban J connectivity index is 2.23. The van der Waals surface area contributed by atoms with Crippen molar-refractivity contribution in [2.75, 3.05) is 5.73 Å². The quantitative estimate of drug-likeness (QED) is 0.579. The first-order valence-electron chi connectivity index (χ1n) is 4.77. The van der Waals surface area contributed by atoms with Gasteiger partial charge in [-0.3, -0.25) is 4.79 Å². The lowest BCUT2D eigenvalue weighted by molar-refractivity contribution is 0.0855. The van der Waals surface area contributed by atoms with Crippen LogP contribution in [-0.2, 0) is 0 Å². The number of Topliss-reactive ketones (excluding diaryl/α,β-unsaturated/α-hetero) is 1. The number of benzene rings is 1. The molecule has 0 spiro atoms. The third-order valence-electron chi connectivity index (χ3n) is 2.76. The summed E-state index contributed by atoms with van der Waals surface area (Å²) in [5.41, 5.74) is 5.86. The van der Waals surface area contributed by atoms with E-state index in [1.165, 1.54) is 12.1 Å². The topological polar surface area (TPSA) is 43.1 Å². The summed E-state index contributed by atoms with van der Waals surface area (Å²) in [6.45, 7) is 0. The van der Waals surface area contributed by atoms with Gasteiger partial charge >= 0.3 is 0 Å². The molecule has 0 unspecified atom stereocenters. The second kappa shape index (κ2) is 3.40. The van der Waals surface area contributed by atoms with E-state index >= 15 is 0 Å². The summed E-state index contributed by atoms with van der Waals surface area (Å²) in [6, 6.07) is 4.27. The van der Waals surface area contributed by atoms with Crippen LogP contribution in [0.15, 0.2) is 18.2 Å². The fraction of sp³-hybridized carbons (Fsp3) is 0.364. The molecule has 2 N–H and O–H groups in total. The highest BCUT2D eigenvalue weighted by Gasteiger charge is 2.26. The highest BCUT2D eigenvalue weighted by molar-refractivity contribution is 5.98. The molecule has 1 aliphatic carbocycles. The van der Waals surface area contributed by atoms with Gasteiger partial charge in [0.25, 0.3) is 0 Å². The Bertz CT molecular complexity index is 372. The van der Waals surface area contributed by atoms with Gasteiger partial charge in [0.15, 0.2) is 5.78 Å². The van der Waals surface area contributed by atoms with Crippen LogP contribution in [0, 0.1) is 11.7 Å². The zero-order chi connectivity index (χ0) is 10.1. The largest absolute Gasteiger partial charge is 0.396 e. The summed E-state index contributed by atoms with van der Waals surface area (Å²) in [4.78, 5) is 11.7. The monoisotopic (exact) mass is 193 g/mol. The standard InChI is InChI=1S/C11H12FNO/c12-9-6-8(4-5-10(9)13)11(14)7-2-1-3-7/h4-7H,1-3,13H2. The van der Waals surface area contributed by atoms with E-state index in [1.54, 1.807) is 6.07 Å². The van der Waals surface area contributed by atoms with E-state index in [9.17, 15) is 9.18 Å². The van der Waals surface area contributed by atoms with Crippen LogP contribution in [0.1, 0.15) is 29.6 Å². The molecule has 3 heteroatoms. The Labute approximate surface area is 81.9 Å². The number of hydrogen-bond donors (Lipinski definition) is 1. The molecular formula is C11H12FNO. The molecule has 2 nitrogen and oxygen atoms in total. The minimum absolute atomic E-state index is 0.0511. The van der Waals surface area contributed by atoms with Crippen LogP contribution in [0.25, 0.3) is 0 Å². The Kier molecular flexibility index (Phi) is 2.23. The maximum absolute atomic E-state index is 13.0. The Hall–Kier alpha value is -1.38. The summed E-state index contributed by atoms with van der Waals surface area (Å²) < 4.78 is 13.0. The molecule has 0 aromatic heterocycles. The molecule has 1 saturated carbocycles. The third-order valence-corrected chi connectivity index (χ3v) is 2.76. The fourth-order valence-corrected chi connectivity index (χ4v) is 1.59. The molecule has 0 saturated heterocycles. The normalized spacial score (nSPS) is 16.4. The molecule has 0 heterocycles.